The van der Waals surface area contributed by atoms with E-state index in [9.17, 15) is 4.79 Å². The molecule has 70 valence electrons. The first-order valence-electron chi connectivity index (χ1n) is 4.32. The maximum absolute atomic E-state index is 11.6. The Morgan fingerprint density at radius 2 is 1.86 bits per heavy atom. The van der Waals surface area contributed by atoms with E-state index in [-0.39, 0.29) is 5.91 Å². The molecule has 0 saturated heterocycles. The second-order valence-corrected chi connectivity index (χ2v) is 4.01. The minimum absolute atomic E-state index is 0.0255. The number of benzene rings is 1. The van der Waals surface area contributed by atoms with Crippen LogP contribution in [0.25, 0.3) is 5.57 Å². The molecule has 2 nitrogen and oxygen atoms in total. The van der Waals surface area contributed by atoms with E-state index >= 15 is 0 Å². The van der Waals surface area contributed by atoms with Gasteiger partial charge in [0.1, 0.15) is 0 Å². The number of carbonyl (C=O) groups excluding carboxylic acids is 1. The van der Waals surface area contributed by atoms with Gasteiger partial charge in [-0.1, -0.05) is 0 Å². The molecule has 0 bridgehead atoms. The van der Waals surface area contributed by atoms with Crippen LogP contribution in [0.2, 0.25) is 0 Å². The van der Waals surface area contributed by atoms with Gasteiger partial charge in [-0.3, -0.25) is 0 Å². The zero-order valence-corrected chi connectivity index (χ0v) is 9.42. The number of rotatable bonds is 1. The van der Waals surface area contributed by atoms with Crippen molar-refractivity contribution < 1.29 is 4.79 Å². The van der Waals surface area contributed by atoms with Gasteiger partial charge in [0.2, 0.25) is 0 Å². The first-order chi connectivity index (χ1) is 6.70. The van der Waals surface area contributed by atoms with Crippen molar-refractivity contribution in [3.05, 3.63) is 41.5 Å². The Kier molecular flexibility index (Phi) is 2.36. The molecule has 1 heterocycles. The molecule has 0 fully saturated rings. The number of hydrogen-bond donors (Lipinski definition) is 1. The first kappa shape index (κ1) is 9.38. The van der Waals surface area contributed by atoms with E-state index in [1.165, 1.54) is 0 Å². The quantitative estimate of drug-likeness (QED) is 0.737. The Balaban J connectivity index is 2.54. The molecule has 0 unspecified atom stereocenters. The van der Waals surface area contributed by atoms with E-state index in [0.717, 1.165) is 21.3 Å². The Hall–Kier alpha value is -1.18. The van der Waals surface area contributed by atoms with Gasteiger partial charge in [-0.05, 0) is 0 Å². The standard InChI is InChI=1S/C11H9NOSe/c1-7-9(10(13)12-11(7)14)8-5-3-2-4-6-8/h2-6H,1H3,(H,12,13,14). The molecule has 0 radical (unpaired) electrons. The average Bonchev–Trinajstić information content (AvgIpc) is 2.43. The summed E-state index contributed by atoms with van der Waals surface area (Å²) in [5.41, 5.74) is 2.72. The first-order valence-corrected chi connectivity index (χ1v) is 5.18. The molecule has 0 saturated carbocycles. The summed E-state index contributed by atoms with van der Waals surface area (Å²) in [4.78, 5) is 11.6. The van der Waals surface area contributed by atoms with E-state index in [1.807, 2.05) is 37.3 Å². The van der Waals surface area contributed by atoms with Gasteiger partial charge in [-0.15, -0.1) is 0 Å². The molecule has 1 N–H and O–H groups in total. The van der Waals surface area contributed by atoms with E-state index < -0.39 is 0 Å². The zero-order valence-electron chi connectivity index (χ0n) is 7.70. The van der Waals surface area contributed by atoms with Gasteiger partial charge in [0.25, 0.3) is 0 Å². The summed E-state index contributed by atoms with van der Waals surface area (Å²) in [6.07, 6.45) is 0. The predicted octanol–water partition coefficient (Wildman–Crippen LogP) is 0.888. The van der Waals surface area contributed by atoms with Gasteiger partial charge in [0.05, 0.1) is 0 Å². The van der Waals surface area contributed by atoms with Crippen LogP contribution >= 0.6 is 0 Å². The average molecular weight is 250 g/mol. The molecule has 0 atom stereocenters. The Morgan fingerprint density at radius 1 is 1.21 bits per heavy atom. The molecule has 14 heavy (non-hydrogen) atoms. The Bertz CT molecular complexity index is 434. The number of amides is 1. The topological polar surface area (TPSA) is 29.1 Å². The van der Waals surface area contributed by atoms with Crippen LogP contribution in [-0.4, -0.2) is 26.0 Å². The van der Waals surface area contributed by atoms with Crippen LogP contribution < -0.4 is 5.32 Å². The fourth-order valence-electron chi connectivity index (χ4n) is 1.50. The Morgan fingerprint density at radius 3 is 2.36 bits per heavy atom. The van der Waals surface area contributed by atoms with Gasteiger partial charge in [-0.2, -0.15) is 0 Å². The molecule has 1 amide bonds. The minimum atomic E-state index is -0.0255. The van der Waals surface area contributed by atoms with E-state index in [1.54, 1.807) is 0 Å². The van der Waals surface area contributed by atoms with Crippen molar-refractivity contribution in [1.29, 1.82) is 0 Å². The molecular weight excluding hydrogens is 241 g/mol. The van der Waals surface area contributed by atoms with Gasteiger partial charge in [0.15, 0.2) is 0 Å². The third kappa shape index (κ3) is 1.45. The normalized spacial score (nSPS) is 16.1. The van der Waals surface area contributed by atoms with Crippen LogP contribution in [0.4, 0.5) is 0 Å². The van der Waals surface area contributed by atoms with Crippen LogP contribution in [0.15, 0.2) is 35.9 Å². The van der Waals surface area contributed by atoms with Crippen molar-refractivity contribution in [2.75, 3.05) is 0 Å². The van der Waals surface area contributed by atoms with Crippen LogP contribution in [0.3, 0.4) is 0 Å². The third-order valence-corrected chi connectivity index (χ3v) is 3.09. The van der Waals surface area contributed by atoms with Gasteiger partial charge < -0.3 is 0 Å². The van der Waals surface area contributed by atoms with Gasteiger partial charge in [-0.25, -0.2) is 0 Å². The summed E-state index contributed by atoms with van der Waals surface area (Å²) in [7, 11) is 0. The predicted molar refractivity (Wildman–Crippen MR) is 57.9 cm³/mol. The fraction of sp³-hybridized carbons (Fsp3) is 0.0909. The second kappa shape index (κ2) is 3.52. The summed E-state index contributed by atoms with van der Waals surface area (Å²) in [6, 6.07) is 9.68. The number of nitrogens with one attached hydrogen (secondary N) is 1. The van der Waals surface area contributed by atoms with Crippen molar-refractivity contribution in [2.24, 2.45) is 0 Å². The SMILES string of the molecule is CC1=C(c2ccccc2)C(=O)NC1=[Se]. The summed E-state index contributed by atoms with van der Waals surface area (Å²) in [5, 5.41) is 2.76. The second-order valence-electron chi connectivity index (χ2n) is 3.15. The van der Waals surface area contributed by atoms with Crippen molar-refractivity contribution in [1.82, 2.24) is 5.32 Å². The molecule has 0 aliphatic carbocycles. The molecule has 0 aromatic heterocycles. The number of hydrogen-bond acceptors (Lipinski definition) is 1. The van der Waals surface area contributed by atoms with Crippen molar-refractivity contribution in [3.63, 3.8) is 0 Å². The van der Waals surface area contributed by atoms with Crippen molar-refractivity contribution in [3.8, 4) is 0 Å². The van der Waals surface area contributed by atoms with Gasteiger partial charge in [0, 0.05) is 0 Å². The number of carbonyl (C=O) groups is 1. The van der Waals surface area contributed by atoms with Crippen LogP contribution in [0.5, 0.6) is 0 Å². The zero-order chi connectivity index (χ0) is 10.1. The van der Waals surface area contributed by atoms with Crippen LogP contribution in [0, 0.1) is 0 Å². The van der Waals surface area contributed by atoms with Crippen molar-refractivity contribution in [2.45, 2.75) is 6.92 Å². The van der Waals surface area contributed by atoms with E-state index in [0.29, 0.717) is 0 Å². The molecule has 0 spiro atoms. The molecule has 1 aromatic carbocycles. The fourth-order valence-corrected chi connectivity index (χ4v) is 1.90. The molecular formula is C11H9NOSe. The van der Waals surface area contributed by atoms with Crippen LogP contribution in [-0.2, 0) is 4.79 Å². The van der Waals surface area contributed by atoms with Crippen LogP contribution in [0.1, 0.15) is 12.5 Å². The Labute approximate surface area is 90.4 Å². The summed E-state index contributed by atoms with van der Waals surface area (Å²) >= 11 is 2.85. The monoisotopic (exact) mass is 251 g/mol. The molecule has 3 heteroatoms. The van der Waals surface area contributed by atoms with Gasteiger partial charge >= 0.3 is 90.1 Å². The summed E-state index contributed by atoms with van der Waals surface area (Å²) < 4.78 is 0.828. The molecule has 1 aromatic rings. The molecule has 1 aliphatic heterocycles. The third-order valence-electron chi connectivity index (χ3n) is 2.23. The van der Waals surface area contributed by atoms with E-state index in [4.69, 9.17) is 0 Å². The van der Waals surface area contributed by atoms with Crippen molar-refractivity contribution >= 4 is 31.6 Å². The summed E-state index contributed by atoms with van der Waals surface area (Å²) in [6.45, 7) is 1.94. The maximum atomic E-state index is 11.6. The summed E-state index contributed by atoms with van der Waals surface area (Å²) in [5.74, 6) is -0.0255. The molecule has 1 aliphatic rings. The molecule has 2 rings (SSSR count). The van der Waals surface area contributed by atoms with E-state index in [2.05, 4.69) is 20.9 Å².